The Morgan fingerprint density at radius 1 is 1.20 bits per heavy atom. The van der Waals surface area contributed by atoms with Crippen molar-refractivity contribution >= 4 is 5.69 Å². The van der Waals surface area contributed by atoms with Crippen LogP contribution < -0.4 is 4.90 Å². The number of methoxy groups -OCH3 is 1. The number of piperazine rings is 1. The first-order chi connectivity index (χ1) is 9.61. The highest BCUT2D eigenvalue weighted by Gasteiger charge is 2.23. The maximum absolute atomic E-state index is 5.18. The molecule has 0 saturated carbocycles. The normalized spacial score (nSPS) is 20.6. The van der Waals surface area contributed by atoms with Crippen molar-refractivity contribution in [2.75, 3.05) is 44.8 Å². The Kier molecular flexibility index (Phi) is 5.44. The minimum atomic E-state index is 0.587. The van der Waals surface area contributed by atoms with Crippen LogP contribution in [0.3, 0.4) is 0 Å². The molecular formula is C17H28N2O. The number of rotatable bonds is 5. The fourth-order valence-electron chi connectivity index (χ4n) is 2.84. The van der Waals surface area contributed by atoms with Crippen molar-refractivity contribution in [1.82, 2.24) is 4.90 Å². The van der Waals surface area contributed by atoms with Crippen LogP contribution in [0.1, 0.15) is 32.3 Å². The molecule has 1 saturated heterocycles. The number of ether oxygens (including phenoxy) is 1. The van der Waals surface area contributed by atoms with Gasteiger partial charge in [-0.15, -0.1) is 0 Å². The van der Waals surface area contributed by atoms with Gasteiger partial charge in [0, 0.05) is 45.0 Å². The first-order valence-electron chi connectivity index (χ1n) is 7.69. The Morgan fingerprint density at radius 2 is 1.90 bits per heavy atom. The van der Waals surface area contributed by atoms with Crippen LogP contribution in [0.15, 0.2) is 24.3 Å². The summed E-state index contributed by atoms with van der Waals surface area (Å²) in [6, 6.07) is 9.66. The summed E-state index contributed by atoms with van der Waals surface area (Å²) in [5.74, 6) is 0.605. The van der Waals surface area contributed by atoms with E-state index in [4.69, 9.17) is 4.74 Å². The van der Waals surface area contributed by atoms with Crippen LogP contribution in [0.25, 0.3) is 0 Å². The number of benzene rings is 1. The molecular weight excluding hydrogens is 248 g/mol. The molecule has 0 unspecified atom stereocenters. The quantitative estimate of drug-likeness (QED) is 0.822. The molecule has 0 aliphatic carbocycles. The lowest BCUT2D eigenvalue weighted by molar-refractivity contribution is 0.117. The molecule has 1 aliphatic rings. The zero-order valence-electron chi connectivity index (χ0n) is 13.3. The Morgan fingerprint density at radius 3 is 2.45 bits per heavy atom. The standard InChI is InChI=1S/C17H28N2O/c1-14(2)16-5-7-17(8-6-16)19-10-9-18(11-12-20-4)15(3)13-19/h5-8,14-15H,9-13H2,1-4H3/t15-/m0/s1. The molecule has 1 aliphatic heterocycles. The Hall–Kier alpha value is -1.06. The zero-order chi connectivity index (χ0) is 14.5. The Bertz CT molecular complexity index is 402. The third-order valence-electron chi connectivity index (χ3n) is 4.27. The SMILES string of the molecule is COCCN1CCN(c2ccc(C(C)C)cc2)C[C@@H]1C. The van der Waals surface area contributed by atoms with Gasteiger partial charge in [-0.1, -0.05) is 26.0 Å². The summed E-state index contributed by atoms with van der Waals surface area (Å²) in [5, 5.41) is 0. The molecule has 0 spiro atoms. The van der Waals surface area contributed by atoms with Gasteiger partial charge in [-0.05, 0) is 30.5 Å². The molecule has 0 radical (unpaired) electrons. The van der Waals surface area contributed by atoms with Gasteiger partial charge in [-0.25, -0.2) is 0 Å². The number of anilines is 1. The van der Waals surface area contributed by atoms with Crippen molar-refractivity contribution in [3.8, 4) is 0 Å². The van der Waals surface area contributed by atoms with E-state index < -0.39 is 0 Å². The van der Waals surface area contributed by atoms with E-state index in [1.54, 1.807) is 7.11 Å². The van der Waals surface area contributed by atoms with Crippen molar-refractivity contribution in [2.45, 2.75) is 32.7 Å². The Labute approximate surface area is 123 Å². The highest BCUT2D eigenvalue weighted by Crippen LogP contribution is 2.22. The lowest BCUT2D eigenvalue weighted by Gasteiger charge is -2.41. The predicted octanol–water partition coefficient (Wildman–Crippen LogP) is 2.97. The van der Waals surface area contributed by atoms with E-state index in [-0.39, 0.29) is 0 Å². The van der Waals surface area contributed by atoms with Gasteiger partial charge in [0.25, 0.3) is 0 Å². The molecule has 20 heavy (non-hydrogen) atoms. The maximum atomic E-state index is 5.18. The molecule has 0 bridgehead atoms. The highest BCUT2D eigenvalue weighted by molar-refractivity contribution is 5.48. The molecule has 3 nitrogen and oxygen atoms in total. The second-order valence-electron chi connectivity index (χ2n) is 6.07. The van der Waals surface area contributed by atoms with Crippen molar-refractivity contribution in [3.63, 3.8) is 0 Å². The van der Waals surface area contributed by atoms with Crippen LogP contribution >= 0.6 is 0 Å². The molecule has 0 N–H and O–H groups in total. The molecule has 0 amide bonds. The summed E-state index contributed by atoms with van der Waals surface area (Å²) in [6.45, 7) is 12.0. The zero-order valence-corrected chi connectivity index (χ0v) is 13.3. The van der Waals surface area contributed by atoms with Crippen LogP contribution in [-0.4, -0.2) is 50.8 Å². The largest absolute Gasteiger partial charge is 0.383 e. The van der Waals surface area contributed by atoms with Gasteiger partial charge in [0.2, 0.25) is 0 Å². The van der Waals surface area contributed by atoms with Gasteiger partial charge < -0.3 is 9.64 Å². The lowest BCUT2D eigenvalue weighted by atomic mass is 10.0. The van der Waals surface area contributed by atoms with Crippen molar-refractivity contribution < 1.29 is 4.74 Å². The molecule has 112 valence electrons. The van der Waals surface area contributed by atoms with E-state index in [1.165, 1.54) is 11.3 Å². The second-order valence-corrected chi connectivity index (χ2v) is 6.07. The monoisotopic (exact) mass is 276 g/mol. The first-order valence-corrected chi connectivity index (χ1v) is 7.69. The number of hydrogen-bond acceptors (Lipinski definition) is 3. The van der Waals surface area contributed by atoms with Crippen LogP contribution in [-0.2, 0) is 4.74 Å². The summed E-state index contributed by atoms with van der Waals surface area (Å²) in [4.78, 5) is 5.01. The van der Waals surface area contributed by atoms with Gasteiger partial charge in [0.15, 0.2) is 0 Å². The third kappa shape index (κ3) is 3.74. The van der Waals surface area contributed by atoms with Crippen LogP contribution in [0.4, 0.5) is 5.69 Å². The lowest BCUT2D eigenvalue weighted by Crippen LogP contribution is -2.52. The van der Waals surface area contributed by atoms with E-state index in [0.29, 0.717) is 12.0 Å². The predicted molar refractivity (Wildman–Crippen MR) is 85.7 cm³/mol. The van der Waals surface area contributed by atoms with Crippen LogP contribution in [0.2, 0.25) is 0 Å². The van der Waals surface area contributed by atoms with Gasteiger partial charge >= 0.3 is 0 Å². The summed E-state index contributed by atoms with van der Waals surface area (Å²) < 4.78 is 5.18. The second kappa shape index (κ2) is 7.09. The van der Waals surface area contributed by atoms with Crippen LogP contribution in [0.5, 0.6) is 0 Å². The van der Waals surface area contributed by atoms with Gasteiger partial charge in [0.05, 0.1) is 6.61 Å². The fraction of sp³-hybridized carbons (Fsp3) is 0.647. The summed E-state index contributed by atoms with van der Waals surface area (Å²) >= 11 is 0. The first kappa shape index (κ1) is 15.3. The fourth-order valence-corrected chi connectivity index (χ4v) is 2.84. The van der Waals surface area contributed by atoms with Gasteiger partial charge in [-0.3, -0.25) is 4.90 Å². The summed E-state index contributed by atoms with van der Waals surface area (Å²) in [5.41, 5.74) is 2.77. The minimum absolute atomic E-state index is 0.587. The van der Waals surface area contributed by atoms with Gasteiger partial charge in [0.1, 0.15) is 0 Å². The maximum Gasteiger partial charge on any atom is 0.0589 e. The van der Waals surface area contributed by atoms with E-state index >= 15 is 0 Å². The molecule has 1 fully saturated rings. The smallest absolute Gasteiger partial charge is 0.0589 e. The average Bonchev–Trinajstić information content (AvgIpc) is 2.46. The van der Waals surface area contributed by atoms with Gasteiger partial charge in [-0.2, -0.15) is 0 Å². The van der Waals surface area contributed by atoms with Crippen molar-refractivity contribution in [1.29, 1.82) is 0 Å². The average molecular weight is 276 g/mol. The number of nitrogens with zero attached hydrogens (tertiary/aromatic N) is 2. The van der Waals surface area contributed by atoms with Crippen LogP contribution in [0, 0.1) is 0 Å². The molecule has 2 rings (SSSR count). The van der Waals surface area contributed by atoms with E-state index in [0.717, 1.165) is 32.8 Å². The molecule has 3 heteroatoms. The summed E-state index contributed by atoms with van der Waals surface area (Å²) in [6.07, 6.45) is 0. The topological polar surface area (TPSA) is 15.7 Å². The Balaban J connectivity index is 1.94. The molecule has 1 heterocycles. The molecule has 1 atom stereocenters. The van der Waals surface area contributed by atoms with Crippen molar-refractivity contribution in [2.24, 2.45) is 0 Å². The highest BCUT2D eigenvalue weighted by atomic mass is 16.5. The molecule has 0 aromatic heterocycles. The third-order valence-corrected chi connectivity index (χ3v) is 4.27. The van der Waals surface area contributed by atoms with E-state index in [1.807, 2.05) is 0 Å². The van der Waals surface area contributed by atoms with Crippen molar-refractivity contribution in [3.05, 3.63) is 29.8 Å². The number of hydrogen-bond donors (Lipinski definition) is 0. The molecule has 1 aromatic carbocycles. The summed E-state index contributed by atoms with van der Waals surface area (Å²) in [7, 11) is 1.77. The minimum Gasteiger partial charge on any atom is -0.383 e. The van der Waals surface area contributed by atoms with E-state index in [9.17, 15) is 0 Å². The molecule has 1 aromatic rings. The van der Waals surface area contributed by atoms with E-state index in [2.05, 4.69) is 54.8 Å².